The maximum Gasteiger partial charge on any atom is 0.332 e. The van der Waals surface area contributed by atoms with Crippen LogP contribution in [0.5, 0.6) is 5.75 Å². The minimum atomic E-state index is -1.39. The van der Waals surface area contributed by atoms with Crippen LogP contribution in [-0.2, 0) is 23.3 Å². The molecule has 0 unspecified atom stereocenters. The second kappa shape index (κ2) is 11.6. The van der Waals surface area contributed by atoms with Crippen LogP contribution in [0.3, 0.4) is 0 Å². The Labute approximate surface area is 235 Å². The van der Waals surface area contributed by atoms with Crippen molar-refractivity contribution in [2.45, 2.75) is 59.5 Å². The van der Waals surface area contributed by atoms with Crippen LogP contribution >= 0.6 is 11.3 Å². The summed E-state index contributed by atoms with van der Waals surface area (Å²) in [6.45, 7) is 16.2. The molecule has 0 amide bonds. The van der Waals surface area contributed by atoms with Crippen molar-refractivity contribution in [1.82, 2.24) is 18.9 Å². The summed E-state index contributed by atoms with van der Waals surface area (Å²) in [7, 11) is 0. The molecule has 0 aliphatic heterocycles. The number of fused-ring (bicyclic) bond motifs is 1. The number of Topliss-reactive ketones (excluding diaryl/α,β-unsaturated/α-hetero) is 1. The number of thiophene rings is 1. The average Bonchev–Trinajstić information content (AvgIpc) is 3.53. The van der Waals surface area contributed by atoms with Gasteiger partial charge in [-0.3, -0.25) is 14.2 Å². The summed E-state index contributed by atoms with van der Waals surface area (Å²) in [5.41, 5.74) is -1.35. The van der Waals surface area contributed by atoms with E-state index >= 15 is 0 Å². The van der Waals surface area contributed by atoms with Crippen molar-refractivity contribution in [3.63, 3.8) is 0 Å². The average molecular weight is 566 g/mol. The van der Waals surface area contributed by atoms with Crippen LogP contribution < -0.4 is 16.0 Å². The molecule has 9 nitrogen and oxygen atoms in total. The standard InChI is InChI=1S/C29H32FN5O4S/c1-18(2)16-23(36)29(4,5)35-25(37)24-19(3)26(34-13-7-11-32-34)40-27(24)33(28(35)38)14-10-20-17-21(30)8-9-22(20)39-15-12-31-6/h7-9,11,13,17-18H,10,12,14-16H2,1-5H3. The van der Waals surface area contributed by atoms with Crippen molar-refractivity contribution in [2.75, 3.05) is 13.2 Å². The predicted octanol–water partition coefficient (Wildman–Crippen LogP) is 4.75. The lowest BCUT2D eigenvalue weighted by Crippen LogP contribution is -2.52. The van der Waals surface area contributed by atoms with Gasteiger partial charge in [0.15, 0.2) is 12.4 Å². The zero-order chi connectivity index (χ0) is 29.2. The van der Waals surface area contributed by atoms with Gasteiger partial charge >= 0.3 is 5.69 Å². The monoisotopic (exact) mass is 565 g/mol. The SMILES string of the molecule is [C-]#[N+]CCOc1ccc(F)cc1CCn1c(=O)n(C(C)(C)C(=O)CC(C)C)c(=O)c2c(C)c(-n3cccn3)sc21. The number of halogens is 1. The Morgan fingerprint density at radius 3 is 2.67 bits per heavy atom. The Bertz CT molecular complexity index is 1710. The van der Waals surface area contributed by atoms with Crippen LogP contribution in [0.25, 0.3) is 20.1 Å². The first-order valence-corrected chi connectivity index (χ1v) is 13.9. The van der Waals surface area contributed by atoms with Crippen LogP contribution in [-0.4, -0.2) is 37.8 Å². The lowest BCUT2D eigenvalue weighted by atomic mass is 9.91. The molecule has 0 spiro atoms. The molecule has 0 aliphatic rings. The van der Waals surface area contributed by atoms with Gasteiger partial charge in [-0.2, -0.15) is 5.10 Å². The van der Waals surface area contributed by atoms with E-state index in [1.54, 1.807) is 43.9 Å². The van der Waals surface area contributed by atoms with E-state index in [0.717, 1.165) is 4.57 Å². The molecule has 4 rings (SSSR count). The van der Waals surface area contributed by atoms with Crippen LogP contribution in [0.1, 0.15) is 45.2 Å². The molecule has 0 aliphatic carbocycles. The molecule has 0 N–H and O–H groups in total. The number of hydrogen-bond donors (Lipinski definition) is 0. The number of aryl methyl sites for hydroxylation is 3. The summed E-state index contributed by atoms with van der Waals surface area (Å²) in [6, 6.07) is 5.90. The van der Waals surface area contributed by atoms with E-state index in [2.05, 4.69) is 9.94 Å². The van der Waals surface area contributed by atoms with Crippen molar-refractivity contribution in [1.29, 1.82) is 0 Å². The minimum Gasteiger partial charge on any atom is -0.486 e. The number of benzene rings is 1. The van der Waals surface area contributed by atoms with Gasteiger partial charge in [0.2, 0.25) is 6.54 Å². The van der Waals surface area contributed by atoms with Gasteiger partial charge in [-0.1, -0.05) is 25.2 Å². The molecule has 0 saturated heterocycles. The number of nitrogens with zero attached hydrogens (tertiary/aromatic N) is 5. The third-order valence-corrected chi connectivity index (χ3v) is 8.13. The molecule has 11 heteroatoms. The Morgan fingerprint density at radius 1 is 1.27 bits per heavy atom. The fourth-order valence-corrected chi connectivity index (χ4v) is 5.96. The summed E-state index contributed by atoms with van der Waals surface area (Å²) >= 11 is 1.26. The Kier molecular flexibility index (Phi) is 8.40. The van der Waals surface area contributed by atoms with Gasteiger partial charge in [0.1, 0.15) is 26.9 Å². The molecular formula is C29H32FN5O4S. The van der Waals surface area contributed by atoms with Gasteiger partial charge in [0, 0.05) is 30.9 Å². The van der Waals surface area contributed by atoms with Gasteiger partial charge in [-0.15, -0.1) is 0 Å². The van der Waals surface area contributed by atoms with E-state index in [1.165, 1.54) is 34.1 Å². The molecular weight excluding hydrogens is 533 g/mol. The zero-order valence-electron chi connectivity index (χ0n) is 23.2. The number of hydrogen-bond acceptors (Lipinski definition) is 6. The van der Waals surface area contributed by atoms with Gasteiger partial charge in [-0.05, 0) is 62.9 Å². The maximum atomic E-state index is 14.2. The maximum absolute atomic E-state index is 14.2. The molecule has 210 valence electrons. The Balaban J connectivity index is 1.90. The Hall–Kier alpha value is -4.04. The summed E-state index contributed by atoms with van der Waals surface area (Å²) in [6.07, 6.45) is 3.82. The molecule has 4 aromatic rings. The largest absolute Gasteiger partial charge is 0.486 e. The highest BCUT2D eigenvalue weighted by Crippen LogP contribution is 2.32. The van der Waals surface area contributed by atoms with E-state index in [-0.39, 0.29) is 44.2 Å². The number of ketones is 1. The number of carbonyl (C=O) groups is 1. The second-order valence-electron chi connectivity index (χ2n) is 10.6. The summed E-state index contributed by atoms with van der Waals surface area (Å²) < 4.78 is 24.1. The molecule has 0 radical (unpaired) electrons. The highest BCUT2D eigenvalue weighted by atomic mass is 32.1. The molecule has 1 aromatic carbocycles. The van der Waals surface area contributed by atoms with Gasteiger partial charge in [-0.25, -0.2) is 25.0 Å². The van der Waals surface area contributed by atoms with Crippen LogP contribution in [0.15, 0.2) is 46.2 Å². The predicted molar refractivity (Wildman–Crippen MR) is 153 cm³/mol. The molecule has 40 heavy (non-hydrogen) atoms. The van der Waals surface area contributed by atoms with Crippen molar-refractivity contribution >= 4 is 27.3 Å². The number of rotatable bonds is 11. The fraction of sp³-hybridized carbons (Fsp3) is 0.414. The topological polar surface area (TPSA) is 92.5 Å². The summed E-state index contributed by atoms with van der Waals surface area (Å²) in [5, 5.41) is 5.33. The lowest BCUT2D eigenvalue weighted by Gasteiger charge is -2.27. The summed E-state index contributed by atoms with van der Waals surface area (Å²) in [4.78, 5) is 45.0. The molecule has 0 saturated carbocycles. The van der Waals surface area contributed by atoms with Crippen molar-refractivity contribution < 1.29 is 13.9 Å². The smallest absolute Gasteiger partial charge is 0.332 e. The molecule has 0 atom stereocenters. The molecule has 3 aromatic heterocycles. The highest BCUT2D eigenvalue weighted by molar-refractivity contribution is 7.21. The first kappa shape index (κ1) is 29.0. The number of ether oxygens (including phenoxy) is 1. The van der Waals surface area contributed by atoms with Crippen LogP contribution in [0, 0.1) is 25.2 Å². The quantitative estimate of drug-likeness (QED) is 0.193. The number of carbonyl (C=O) groups excluding carboxylic acids is 1. The third-order valence-electron chi connectivity index (χ3n) is 6.82. The van der Waals surface area contributed by atoms with E-state index in [4.69, 9.17) is 11.3 Å². The van der Waals surface area contributed by atoms with Gasteiger partial charge in [0.05, 0.1) is 5.39 Å². The number of aromatic nitrogens is 4. The first-order valence-electron chi connectivity index (χ1n) is 13.0. The normalized spacial score (nSPS) is 11.8. The van der Waals surface area contributed by atoms with Crippen molar-refractivity contribution in [3.05, 3.63) is 85.9 Å². The van der Waals surface area contributed by atoms with E-state index in [9.17, 15) is 18.8 Å². The van der Waals surface area contributed by atoms with E-state index in [1.807, 2.05) is 13.8 Å². The first-order chi connectivity index (χ1) is 19.0. The molecule has 3 heterocycles. The van der Waals surface area contributed by atoms with E-state index in [0.29, 0.717) is 32.1 Å². The van der Waals surface area contributed by atoms with E-state index < -0.39 is 22.6 Å². The minimum absolute atomic E-state index is 0.0528. The molecule has 0 bridgehead atoms. The fourth-order valence-electron chi connectivity index (χ4n) is 4.70. The second-order valence-corrected chi connectivity index (χ2v) is 11.5. The summed E-state index contributed by atoms with van der Waals surface area (Å²) in [5.74, 6) is -0.191. The van der Waals surface area contributed by atoms with Crippen LogP contribution in [0.4, 0.5) is 4.39 Å². The zero-order valence-corrected chi connectivity index (χ0v) is 24.0. The van der Waals surface area contributed by atoms with Crippen LogP contribution in [0.2, 0.25) is 0 Å². The Morgan fingerprint density at radius 2 is 2.02 bits per heavy atom. The highest BCUT2D eigenvalue weighted by Gasteiger charge is 2.35. The molecule has 0 fully saturated rings. The third kappa shape index (κ3) is 5.49. The van der Waals surface area contributed by atoms with Gasteiger partial charge in [0.25, 0.3) is 5.56 Å². The van der Waals surface area contributed by atoms with Gasteiger partial charge < -0.3 is 9.58 Å². The lowest BCUT2D eigenvalue weighted by molar-refractivity contribution is -0.127. The van der Waals surface area contributed by atoms with Crippen molar-refractivity contribution in [2.24, 2.45) is 5.92 Å². The van der Waals surface area contributed by atoms with Crippen molar-refractivity contribution in [3.8, 4) is 10.8 Å².